The first-order chi connectivity index (χ1) is 17.5. The summed E-state index contributed by atoms with van der Waals surface area (Å²) in [6.07, 6.45) is 1.95. The highest BCUT2D eigenvalue weighted by molar-refractivity contribution is 5.43. The van der Waals surface area contributed by atoms with Gasteiger partial charge < -0.3 is 19.0 Å². The van der Waals surface area contributed by atoms with E-state index >= 15 is 0 Å². The lowest BCUT2D eigenvalue weighted by Gasteiger charge is -2.25. The fourth-order valence-electron chi connectivity index (χ4n) is 4.18. The highest BCUT2D eigenvalue weighted by Crippen LogP contribution is 2.32. The summed E-state index contributed by atoms with van der Waals surface area (Å²) in [7, 11) is 0. The molecule has 0 radical (unpaired) electrons. The normalized spacial score (nSPS) is 12.2. The molecule has 7 nitrogen and oxygen atoms in total. The van der Waals surface area contributed by atoms with Gasteiger partial charge in [0.05, 0.1) is 35.9 Å². The Kier molecular flexibility index (Phi) is 8.95. The SMILES string of the molecule is CCCN(Cc1c(C)nn(-c2ccccc2)c1Oc1cccc(C)c1)CC(O)COCc1ccco1. The highest BCUT2D eigenvalue weighted by Gasteiger charge is 2.22. The van der Waals surface area contributed by atoms with E-state index in [1.165, 1.54) is 0 Å². The molecule has 4 rings (SSSR count). The molecule has 1 atom stereocenters. The van der Waals surface area contributed by atoms with Crippen LogP contribution in [0, 0.1) is 13.8 Å². The van der Waals surface area contributed by atoms with Crippen molar-refractivity contribution in [3.05, 3.63) is 95.6 Å². The molecular formula is C29H35N3O4. The van der Waals surface area contributed by atoms with Crippen molar-refractivity contribution >= 4 is 0 Å². The topological polar surface area (TPSA) is 72.9 Å². The quantitative estimate of drug-likeness (QED) is 0.261. The Labute approximate surface area is 212 Å². The molecule has 0 amide bonds. The van der Waals surface area contributed by atoms with E-state index in [-0.39, 0.29) is 6.61 Å². The lowest BCUT2D eigenvalue weighted by Crippen LogP contribution is -2.35. The Bertz CT molecular complexity index is 1200. The van der Waals surface area contributed by atoms with Crippen molar-refractivity contribution in [2.45, 2.75) is 46.4 Å². The summed E-state index contributed by atoms with van der Waals surface area (Å²) in [5.41, 5.74) is 3.95. The third-order valence-electron chi connectivity index (χ3n) is 5.87. The molecule has 190 valence electrons. The van der Waals surface area contributed by atoms with Crippen LogP contribution < -0.4 is 4.74 Å². The number of benzene rings is 2. The van der Waals surface area contributed by atoms with Crippen LogP contribution in [0.1, 0.15) is 35.9 Å². The zero-order chi connectivity index (χ0) is 25.3. The summed E-state index contributed by atoms with van der Waals surface area (Å²) in [6.45, 7) is 8.67. The van der Waals surface area contributed by atoms with Crippen molar-refractivity contribution in [1.82, 2.24) is 14.7 Å². The van der Waals surface area contributed by atoms with E-state index in [0.717, 1.165) is 47.0 Å². The van der Waals surface area contributed by atoms with Gasteiger partial charge in [-0.2, -0.15) is 5.10 Å². The van der Waals surface area contributed by atoms with Crippen molar-refractivity contribution in [3.63, 3.8) is 0 Å². The lowest BCUT2D eigenvalue weighted by molar-refractivity contribution is 0.00377. The molecule has 2 heterocycles. The number of hydrogen-bond donors (Lipinski definition) is 1. The number of para-hydroxylation sites is 1. The predicted molar refractivity (Wildman–Crippen MR) is 139 cm³/mol. The fourth-order valence-corrected chi connectivity index (χ4v) is 4.18. The molecule has 7 heteroatoms. The Morgan fingerprint density at radius 3 is 2.61 bits per heavy atom. The first kappa shape index (κ1) is 25.7. The van der Waals surface area contributed by atoms with Gasteiger partial charge in [-0.3, -0.25) is 4.90 Å². The Morgan fingerprint density at radius 2 is 1.89 bits per heavy atom. The molecular weight excluding hydrogens is 454 g/mol. The number of ether oxygens (including phenoxy) is 2. The van der Waals surface area contributed by atoms with Crippen LogP contribution in [-0.2, 0) is 17.9 Å². The molecule has 0 saturated carbocycles. The number of nitrogens with zero attached hydrogens (tertiary/aromatic N) is 3. The maximum absolute atomic E-state index is 10.7. The third-order valence-corrected chi connectivity index (χ3v) is 5.87. The first-order valence-electron chi connectivity index (χ1n) is 12.4. The molecule has 0 aliphatic heterocycles. The predicted octanol–water partition coefficient (Wildman–Crippen LogP) is 5.66. The van der Waals surface area contributed by atoms with Crippen LogP contribution in [0.3, 0.4) is 0 Å². The number of rotatable bonds is 13. The molecule has 0 aliphatic carbocycles. The largest absolute Gasteiger partial charge is 0.467 e. The molecule has 2 aromatic carbocycles. The second-order valence-corrected chi connectivity index (χ2v) is 9.02. The summed E-state index contributed by atoms with van der Waals surface area (Å²) in [6, 6.07) is 21.7. The summed E-state index contributed by atoms with van der Waals surface area (Å²) in [4.78, 5) is 2.23. The molecule has 0 spiro atoms. The number of aliphatic hydroxyl groups excluding tert-OH is 1. The summed E-state index contributed by atoms with van der Waals surface area (Å²) < 4.78 is 19.3. The van der Waals surface area contributed by atoms with Crippen molar-refractivity contribution in [1.29, 1.82) is 0 Å². The van der Waals surface area contributed by atoms with Gasteiger partial charge in [0.2, 0.25) is 5.88 Å². The van der Waals surface area contributed by atoms with Gasteiger partial charge in [-0.1, -0.05) is 37.3 Å². The van der Waals surface area contributed by atoms with Gasteiger partial charge in [-0.25, -0.2) is 4.68 Å². The van der Waals surface area contributed by atoms with E-state index < -0.39 is 6.10 Å². The summed E-state index contributed by atoms with van der Waals surface area (Å²) in [5.74, 6) is 2.20. The maximum atomic E-state index is 10.7. The molecule has 0 saturated heterocycles. The second-order valence-electron chi connectivity index (χ2n) is 9.02. The highest BCUT2D eigenvalue weighted by atomic mass is 16.5. The van der Waals surface area contributed by atoms with Gasteiger partial charge in [0, 0.05) is 13.1 Å². The molecule has 1 unspecified atom stereocenters. The van der Waals surface area contributed by atoms with Crippen LogP contribution in [0.4, 0.5) is 0 Å². The van der Waals surface area contributed by atoms with Crippen molar-refractivity contribution < 1.29 is 19.0 Å². The average molecular weight is 490 g/mol. The molecule has 0 bridgehead atoms. The molecule has 0 aliphatic rings. The zero-order valence-electron chi connectivity index (χ0n) is 21.3. The van der Waals surface area contributed by atoms with Gasteiger partial charge in [0.25, 0.3) is 0 Å². The summed E-state index contributed by atoms with van der Waals surface area (Å²) in [5, 5.41) is 15.5. The Hall–Kier alpha value is -3.39. The van der Waals surface area contributed by atoms with E-state index in [9.17, 15) is 5.11 Å². The molecule has 4 aromatic rings. The number of hydrogen-bond acceptors (Lipinski definition) is 6. The lowest BCUT2D eigenvalue weighted by atomic mass is 10.2. The van der Waals surface area contributed by atoms with Crippen LogP contribution >= 0.6 is 0 Å². The minimum Gasteiger partial charge on any atom is -0.467 e. The van der Waals surface area contributed by atoms with Crippen LogP contribution in [0.25, 0.3) is 5.69 Å². The Balaban J connectivity index is 1.54. The second kappa shape index (κ2) is 12.5. The van der Waals surface area contributed by atoms with Crippen molar-refractivity contribution in [3.8, 4) is 17.3 Å². The number of aliphatic hydroxyl groups is 1. The van der Waals surface area contributed by atoms with Crippen LogP contribution in [0.5, 0.6) is 11.6 Å². The number of aryl methyl sites for hydroxylation is 2. The summed E-state index contributed by atoms with van der Waals surface area (Å²) >= 11 is 0. The van der Waals surface area contributed by atoms with Gasteiger partial charge in [0.15, 0.2) is 0 Å². The zero-order valence-corrected chi connectivity index (χ0v) is 21.3. The van der Waals surface area contributed by atoms with Crippen LogP contribution in [-0.4, -0.2) is 45.6 Å². The minimum absolute atomic E-state index is 0.232. The maximum Gasteiger partial charge on any atom is 0.227 e. The fraction of sp³-hybridized carbons (Fsp3) is 0.345. The molecule has 36 heavy (non-hydrogen) atoms. The van der Waals surface area contributed by atoms with Crippen molar-refractivity contribution in [2.75, 3.05) is 19.7 Å². The van der Waals surface area contributed by atoms with Gasteiger partial charge >= 0.3 is 0 Å². The molecule has 0 fully saturated rings. The average Bonchev–Trinajstić information content (AvgIpc) is 3.49. The number of furan rings is 1. The van der Waals surface area contributed by atoms with Gasteiger partial charge in [0.1, 0.15) is 18.1 Å². The standard InChI is InChI=1S/C29H35N3O4/c1-4-15-31(18-25(33)20-34-21-27-14-9-16-35-27)19-28-23(3)30-32(24-11-6-5-7-12-24)29(28)36-26-13-8-10-22(2)17-26/h5-14,16-17,25,33H,4,15,18-21H2,1-3H3. The smallest absolute Gasteiger partial charge is 0.227 e. The molecule has 2 aromatic heterocycles. The monoisotopic (exact) mass is 489 g/mol. The van der Waals surface area contributed by atoms with E-state index in [1.807, 2.05) is 85.3 Å². The van der Waals surface area contributed by atoms with E-state index in [0.29, 0.717) is 25.6 Å². The molecule has 1 N–H and O–H groups in total. The van der Waals surface area contributed by atoms with E-state index in [4.69, 9.17) is 19.0 Å². The van der Waals surface area contributed by atoms with Crippen molar-refractivity contribution in [2.24, 2.45) is 0 Å². The van der Waals surface area contributed by atoms with Gasteiger partial charge in [-0.15, -0.1) is 0 Å². The van der Waals surface area contributed by atoms with Gasteiger partial charge in [-0.05, 0) is 68.8 Å². The first-order valence-corrected chi connectivity index (χ1v) is 12.4. The van der Waals surface area contributed by atoms with Crippen LogP contribution in [0.15, 0.2) is 77.4 Å². The van der Waals surface area contributed by atoms with Crippen LogP contribution in [0.2, 0.25) is 0 Å². The Morgan fingerprint density at radius 1 is 1.06 bits per heavy atom. The minimum atomic E-state index is -0.628. The number of aromatic nitrogens is 2. The third kappa shape index (κ3) is 6.85. The van der Waals surface area contributed by atoms with E-state index in [1.54, 1.807) is 6.26 Å². The van der Waals surface area contributed by atoms with E-state index in [2.05, 4.69) is 11.8 Å².